The number of thiol groups is 1. The van der Waals surface area contributed by atoms with Gasteiger partial charge >= 0.3 is 29.6 Å². The number of thiocarbonyl (C=S) groups is 1. The van der Waals surface area contributed by atoms with Gasteiger partial charge in [-0.25, -0.2) is 0 Å². The number of ether oxygens (including phenoxy) is 1. The Morgan fingerprint density at radius 2 is 2.22 bits per heavy atom. The summed E-state index contributed by atoms with van der Waals surface area (Å²) >= 11 is 8.33. The van der Waals surface area contributed by atoms with E-state index in [1.165, 1.54) is 0 Å². The summed E-state index contributed by atoms with van der Waals surface area (Å²) in [6.45, 7) is 2.81. The molecule has 0 amide bonds. The van der Waals surface area contributed by atoms with E-state index in [1.54, 1.807) is 0 Å². The normalized spacial score (nSPS) is 7.78. The van der Waals surface area contributed by atoms with Crippen molar-refractivity contribution in [3.63, 3.8) is 0 Å². The molecule has 0 bridgehead atoms. The second kappa shape index (κ2) is 9.24. The van der Waals surface area contributed by atoms with Gasteiger partial charge in [0.05, 0.1) is 6.61 Å². The molecule has 0 saturated heterocycles. The molecule has 50 valence electrons. The molecule has 0 N–H and O–H groups in total. The van der Waals surface area contributed by atoms with Gasteiger partial charge in [0, 0.05) is 0 Å². The first-order valence-corrected chi connectivity index (χ1v) is 3.48. The number of rotatable bonds is 3. The van der Waals surface area contributed by atoms with Gasteiger partial charge in [-0.1, -0.05) is 26.0 Å². The maximum absolute atomic E-state index is 4.88. The minimum absolute atomic E-state index is 0. The van der Waals surface area contributed by atoms with Gasteiger partial charge in [-0.2, -0.15) is 0 Å². The molecular weight excluding hydrogens is 163 g/mol. The van der Waals surface area contributed by atoms with Gasteiger partial charge in [0.25, 0.3) is 0 Å². The maximum atomic E-state index is 4.88. The summed E-state index contributed by atoms with van der Waals surface area (Å²) in [6, 6.07) is 0. The van der Waals surface area contributed by atoms with E-state index in [0.29, 0.717) is 11.0 Å². The molecule has 0 aliphatic heterocycles. The Morgan fingerprint density at radius 3 is 2.56 bits per heavy atom. The van der Waals surface area contributed by atoms with E-state index < -0.39 is 0 Å². The van der Waals surface area contributed by atoms with E-state index in [9.17, 15) is 0 Å². The van der Waals surface area contributed by atoms with Gasteiger partial charge in [-0.05, 0) is 18.6 Å². The van der Waals surface area contributed by atoms with Gasteiger partial charge in [-0.3, -0.25) is 0 Å². The van der Waals surface area contributed by atoms with Crippen LogP contribution in [0.1, 0.15) is 19.8 Å². The molecule has 0 aromatic rings. The molecule has 0 unspecified atom stereocenters. The molecule has 0 aliphatic carbocycles. The van der Waals surface area contributed by atoms with Crippen LogP contribution in [0.25, 0.3) is 0 Å². The average Bonchev–Trinajstić information content (AvgIpc) is 1.66. The van der Waals surface area contributed by atoms with Gasteiger partial charge in [0.1, 0.15) is 0 Å². The second-order valence-electron chi connectivity index (χ2n) is 1.47. The van der Waals surface area contributed by atoms with Crippen LogP contribution in [0.5, 0.6) is 0 Å². The van der Waals surface area contributed by atoms with E-state index in [4.69, 9.17) is 4.74 Å². The Hall–Kier alpha value is 1.24. The average molecular weight is 174 g/mol. The van der Waals surface area contributed by atoms with Crippen LogP contribution in [-0.2, 0) is 4.74 Å². The van der Waals surface area contributed by atoms with Crippen molar-refractivity contribution >= 4 is 58.8 Å². The third-order valence-corrected chi connectivity index (χ3v) is 0.970. The molecule has 0 rings (SSSR count). The van der Waals surface area contributed by atoms with Gasteiger partial charge in [0.2, 0.25) is 4.38 Å². The molecule has 0 aromatic carbocycles. The molecule has 9 heavy (non-hydrogen) atoms. The Bertz CT molecular complexity index is 77.4. The Balaban J connectivity index is 0. The summed E-state index contributed by atoms with van der Waals surface area (Å²) < 4.78 is 5.22. The van der Waals surface area contributed by atoms with Crippen molar-refractivity contribution in [2.45, 2.75) is 19.8 Å². The van der Waals surface area contributed by atoms with E-state index in [1.807, 2.05) is 0 Å². The van der Waals surface area contributed by atoms with Crippen LogP contribution in [0.2, 0.25) is 0 Å². The summed E-state index contributed by atoms with van der Waals surface area (Å²) in [7, 11) is 0. The van der Waals surface area contributed by atoms with E-state index in [-0.39, 0.29) is 29.6 Å². The Morgan fingerprint density at radius 1 is 1.67 bits per heavy atom. The van der Waals surface area contributed by atoms with Crippen LogP contribution >= 0.6 is 24.8 Å². The summed E-state index contributed by atoms with van der Waals surface area (Å²) in [5.41, 5.74) is 0. The van der Waals surface area contributed by atoms with Crippen molar-refractivity contribution in [3.8, 4) is 0 Å². The van der Waals surface area contributed by atoms with Crippen LogP contribution in [-0.4, -0.2) is 40.5 Å². The fraction of sp³-hybridized carbons (Fsp3) is 0.800. The molecule has 0 saturated carbocycles. The summed E-state index contributed by atoms with van der Waals surface area (Å²) in [4.78, 5) is 0. The summed E-state index contributed by atoms with van der Waals surface area (Å²) in [6.07, 6.45) is 2.19. The quantitative estimate of drug-likeness (QED) is 0.299. The molecule has 0 heterocycles. The van der Waals surface area contributed by atoms with Crippen molar-refractivity contribution in [1.29, 1.82) is 0 Å². The number of hydrogen-bond acceptors (Lipinski definition) is 2. The number of hydrogen-bond donors (Lipinski definition) is 1. The molecule has 0 fully saturated rings. The monoisotopic (exact) mass is 174 g/mol. The summed E-state index contributed by atoms with van der Waals surface area (Å²) in [5, 5.41) is 0. The standard InChI is InChI=1S/C5H10OS2.Na.H/c1-2-3-4-6-5(7)8;;/h2-4H2,1H3,(H,7,8);;. The van der Waals surface area contributed by atoms with Crippen molar-refractivity contribution in [1.82, 2.24) is 0 Å². The Kier molecular flexibility index (Phi) is 13.2. The first kappa shape index (κ1) is 12.9. The van der Waals surface area contributed by atoms with Crippen molar-refractivity contribution in [2.75, 3.05) is 6.61 Å². The van der Waals surface area contributed by atoms with Crippen molar-refractivity contribution < 1.29 is 4.74 Å². The molecule has 4 heteroatoms. The van der Waals surface area contributed by atoms with Crippen LogP contribution in [0.4, 0.5) is 0 Å². The van der Waals surface area contributed by atoms with Gasteiger partial charge in [-0.15, -0.1) is 0 Å². The third-order valence-electron chi connectivity index (χ3n) is 0.723. The zero-order chi connectivity index (χ0) is 6.41. The van der Waals surface area contributed by atoms with E-state index >= 15 is 0 Å². The zero-order valence-corrected chi connectivity index (χ0v) is 6.60. The van der Waals surface area contributed by atoms with Crippen molar-refractivity contribution in [2.24, 2.45) is 0 Å². The number of unbranched alkanes of at least 4 members (excludes halogenated alkanes) is 1. The van der Waals surface area contributed by atoms with Crippen molar-refractivity contribution in [3.05, 3.63) is 0 Å². The third kappa shape index (κ3) is 12.4. The summed E-state index contributed by atoms with van der Waals surface area (Å²) in [5.74, 6) is 0. The fourth-order valence-electron chi connectivity index (χ4n) is 0.304. The first-order valence-electron chi connectivity index (χ1n) is 2.63. The molecule has 0 aliphatic rings. The predicted octanol–water partition coefficient (Wildman–Crippen LogP) is 1.37. The van der Waals surface area contributed by atoms with Gasteiger partial charge in [0.15, 0.2) is 0 Å². The van der Waals surface area contributed by atoms with E-state index in [0.717, 1.165) is 12.8 Å². The molecule has 1 nitrogen and oxygen atoms in total. The molecular formula is C5H11NaOS2. The van der Waals surface area contributed by atoms with Crippen LogP contribution in [0, 0.1) is 0 Å². The molecule has 0 aromatic heterocycles. The topological polar surface area (TPSA) is 9.23 Å². The first-order chi connectivity index (χ1) is 3.77. The molecule has 0 atom stereocenters. The predicted molar refractivity (Wildman–Crippen MR) is 49.6 cm³/mol. The minimum atomic E-state index is 0. The second-order valence-corrected chi connectivity index (χ2v) is 2.55. The van der Waals surface area contributed by atoms with Crippen LogP contribution in [0.15, 0.2) is 0 Å². The molecule has 0 spiro atoms. The SMILES string of the molecule is CCCCOC(=S)S.[NaH]. The van der Waals surface area contributed by atoms with Crippen LogP contribution in [0.3, 0.4) is 0 Å². The van der Waals surface area contributed by atoms with Crippen LogP contribution < -0.4 is 0 Å². The molecule has 0 radical (unpaired) electrons. The Labute approximate surface area is 89.2 Å². The zero-order valence-electron chi connectivity index (χ0n) is 4.89. The van der Waals surface area contributed by atoms with E-state index in [2.05, 4.69) is 31.8 Å². The van der Waals surface area contributed by atoms with Gasteiger partial charge < -0.3 is 4.74 Å². The fourth-order valence-corrected chi connectivity index (χ4v) is 0.478.